The number of carbonyl (C=O) groups is 2. The van der Waals surface area contributed by atoms with Crippen LogP contribution in [0.4, 0.5) is 14.5 Å². The van der Waals surface area contributed by atoms with Crippen molar-refractivity contribution in [3.63, 3.8) is 0 Å². The molecule has 10 heteroatoms. The summed E-state index contributed by atoms with van der Waals surface area (Å²) in [6.45, 7) is -0.845. The van der Waals surface area contributed by atoms with Gasteiger partial charge in [0, 0.05) is 7.05 Å². The molecular weight excluding hydrogens is 456 g/mol. The number of hydrogen-bond acceptors (Lipinski definition) is 6. The quantitative estimate of drug-likeness (QED) is 0.363. The summed E-state index contributed by atoms with van der Waals surface area (Å²) in [5.41, 5.74) is -0.321. The van der Waals surface area contributed by atoms with Crippen molar-refractivity contribution >= 4 is 27.5 Å². The lowest BCUT2D eigenvalue weighted by Gasteiger charge is -2.20. The first kappa shape index (κ1) is 23.9. The fraction of sp³-hybridized carbons (Fsp3) is 0.130. The predicted octanol–water partition coefficient (Wildman–Crippen LogP) is 3.84. The number of Topliss-reactive ketones (excluding diaryl/α,β-unsaturated/α-hetero) is 1. The van der Waals surface area contributed by atoms with Gasteiger partial charge >= 0.3 is 5.97 Å². The first-order valence-electron chi connectivity index (χ1n) is 9.52. The summed E-state index contributed by atoms with van der Waals surface area (Å²) < 4.78 is 63.9. The van der Waals surface area contributed by atoms with Crippen molar-refractivity contribution in [1.29, 1.82) is 0 Å². The van der Waals surface area contributed by atoms with Gasteiger partial charge in [-0.3, -0.25) is 9.10 Å². The molecule has 7 nitrogen and oxygen atoms in total. The molecule has 0 saturated carbocycles. The van der Waals surface area contributed by atoms with Gasteiger partial charge in [0.25, 0.3) is 10.0 Å². The highest BCUT2D eigenvalue weighted by molar-refractivity contribution is 7.92. The minimum absolute atomic E-state index is 0.133. The number of carbonyl (C=O) groups excluding carboxylic acids is 2. The minimum atomic E-state index is -4.03. The van der Waals surface area contributed by atoms with Crippen LogP contribution < -0.4 is 9.04 Å². The van der Waals surface area contributed by atoms with Crippen molar-refractivity contribution in [1.82, 2.24) is 0 Å². The Labute approximate surface area is 189 Å². The second kappa shape index (κ2) is 9.78. The number of methoxy groups -OCH3 is 1. The van der Waals surface area contributed by atoms with Crippen LogP contribution in [0.25, 0.3) is 0 Å². The smallest absolute Gasteiger partial charge is 0.338 e. The van der Waals surface area contributed by atoms with E-state index >= 15 is 0 Å². The number of ether oxygens (including phenoxy) is 2. The number of rotatable bonds is 8. The molecule has 0 bridgehead atoms. The molecule has 0 aliphatic rings. The van der Waals surface area contributed by atoms with Gasteiger partial charge in [0.15, 0.2) is 6.61 Å². The summed E-state index contributed by atoms with van der Waals surface area (Å²) in [6, 6.07) is 13.7. The Morgan fingerprint density at radius 2 is 1.67 bits per heavy atom. The van der Waals surface area contributed by atoms with Gasteiger partial charge in [-0.05, 0) is 60.7 Å². The summed E-state index contributed by atoms with van der Waals surface area (Å²) in [5.74, 6) is -3.15. The Kier molecular flexibility index (Phi) is 7.07. The fourth-order valence-corrected chi connectivity index (χ4v) is 4.12. The van der Waals surface area contributed by atoms with Gasteiger partial charge in [0.2, 0.25) is 5.78 Å². The average molecular weight is 475 g/mol. The molecule has 3 aromatic carbocycles. The van der Waals surface area contributed by atoms with Crippen molar-refractivity contribution in [3.05, 3.63) is 89.5 Å². The molecule has 0 aromatic heterocycles. The highest BCUT2D eigenvalue weighted by Gasteiger charge is 2.23. The summed E-state index contributed by atoms with van der Waals surface area (Å²) in [4.78, 5) is 24.3. The highest BCUT2D eigenvalue weighted by Crippen LogP contribution is 2.25. The number of ketones is 1. The second-order valence-corrected chi connectivity index (χ2v) is 8.79. The number of halogens is 2. The normalized spacial score (nSPS) is 11.0. The standard InChI is InChI=1S/C23H19F2NO6S/c1-26(17-7-9-18(31-2)10-8-17)33(29,30)19-5-3-4-15(12-19)23(28)32-14-22(27)20-13-16(24)6-11-21(20)25/h3-13H,14H2,1-2H3. The first-order valence-corrected chi connectivity index (χ1v) is 11.0. The number of sulfonamides is 1. The topological polar surface area (TPSA) is 90.0 Å². The van der Waals surface area contributed by atoms with Gasteiger partial charge < -0.3 is 9.47 Å². The van der Waals surface area contributed by atoms with Gasteiger partial charge in [-0.1, -0.05) is 6.07 Å². The van der Waals surface area contributed by atoms with E-state index in [1.807, 2.05) is 0 Å². The van der Waals surface area contributed by atoms with Crippen molar-refractivity contribution in [2.45, 2.75) is 4.90 Å². The third kappa shape index (κ3) is 5.35. The summed E-state index contributed by atoms with van der Waals surface area (Å²) in [5, 5.41) is 0. The first-order chi connectivity index (χ1) is 15.6. The Balaban J connectivity index is 1.75. The number of anilines is 1. The third-order valence-electron chi connectivity index (χ3n) is 4.73. The second-order valence-electron chi connectivity index (χ2n) is 6.82. The summed E-state index contributed by atoms with van der Waals surface area (Å²) in [7, 11) is -1.18. The zero-order chi connectivity index (χ0) is 24.2. The van der Waals surface area contributed by atoms with E-state index in [1.165, 1.54) is 32.4 Å². The number of esters is 1. The molecule has 0 spiro atoms. The molecule has 0 aliphatic carbocycles. The van der Waals surface area contributed by atoms with Gasteiger partial charge in [0.1, 0.15) is 17.4 Å². The Bertz CT molecular complexity index is 1290. The van der Waals surface area contributed by atoms with E-state index in [0.29, 0.717) is 17.5 Å². The van der Waals surface area contributed by atoms with Gasteiger partial charge in [-0.15, -0.1) is 0 Å². The van der Waals surface area contributed by atoms with Crippen LogP contribution in [-0.2, 0) is 14.8 Å². The van der Waals surface area contributed by atoms with E-state index in [2.05, 4.69) is 0 Å². The van der Waals surface area contributed by atoms with Crippen molar-refractivity contribution in [3.8, 4) is 5.75 Å². The Morgan fingerprint density at radius 1 is 0.970 bits per heavy atom. The molecule has 3 aromatic rings. The molecule has 0 unspecified atom stereocenters. The molecule has 0 radical (unpaired) electrons. The van der Waals surface area contributed by atoms with Crippen LogP contribution in [-0.4, -0.2) is 40.9 Å². The molecule has 0 saturated heterocycles. The largest absolute Gasteiger partial charge is 0.497 e. The van der Waals surface area contributed by atoms with E-state index in [9.17, 15) is 26.8 Å². The molecule has 3 rings (SSSR count). The third-order valence-corrected chi connectivity index (χ3v) is 6.51. The lowest BCUT2D eigenvalue weighted by Crippen LogP contribution is -2.26. The fourth-order valence-electron chi connectivity index (χ4n) is 2.88. The highest BCUT2D eigenvalue weighted by atomic mass is 32.2. The lowest BCUT2D eigenvalue weighted by atomic mass is 10.1. The molecule has 0 amide bonds. The van der Waals surface area contributed by atoms with E-state index in [-0.39, 0.29) is 10.5 Å². The van der Waals surface area contributed by atoms with Crippen LogP contribution in [0.5, 0.6) is 5.75 Å². The SMILES string of the molecule is COc1ccc(N(C)S(=O)(=O)c2cccc(C(=O)OCC(=O)c3cc(F)ccc3F)c2)cc1. The molecule has 0 aliphatic heterocycles. The lowest BCUT2D eigenvalue weighted by molar-refractivity contribution is 0.0473. The molecule has 0 heterocycles. The van der Waals surface area contributed by atoms with Crippen LogP contribution in [0.3, 0.4) is 0 Å². The summed E-state index contributed by atoms with van der Waals surface area (Å²) in [6.07, 6.45) is 0. The molecule has 0 atom stereocenters. The van der Waals surface area contributed by atoms with E-state index < -0.39 is 45.6 Å². The maximum absolute atomic E-state index is 13.7. The van der Waals surface area contributed by atoms with E-state index in [4.69, 9.17) is 9.47 Å². The predicted molar refractivity (Wildman–Crippen MR) is 116 cm³/mol. The Morgan fingerprint density at radius 3 is 2.33 bits per heavy atom. The van der Waals surface area contributed by atoms with Crippen LogP contribution in [0.15, 0.2) is 71.6 Å². The van der Waals surface area contributed by atoms with Crippen molar-refractivity contribution < 1.29 is 36.3 Å². The van der Waals surface area contributed by atoms with Gasteiger partial charge in [-0.2, -0.15) is 0 Å². The van der Waals surface area contributed by atoms with Crippen LogP contribution in [0.2, 0.25) is 0 Å². The molecule has 0 N–H and O–H groups in total. The maximum atomic E-state index is 13.7. The van der Waals surface area contributed by atoms with E-state index in [1.54, 1.807) is 24.3 Å². The zero-order valence-corrected chi connectivity index (χ0v) is 18.4. The summed E-state index contributed by atoms with van der Waals surface area (Å²) >= 11 is 0. The number of benzene rings is 3. The number of nitrogens with zero attached hydrogens (tertiary/aromatic N) is 1. The van der Waals surface area contributed by atoms with Crippen molar-refractivity contribution in [2.75, 3.05) is 25.1 Å². The van der Waals surface area contributed by atoms with Gasteiger partial charge in [-0.25, -0.2) is 22.0 Å². The number of hydrogen-bond donors (Lipinski definition) is 0. The van der Waals surface area contributed by atoms with Crippen LogP contribution >= 0.6 is 0 Å². The maximum Gasteiger partial charge on any atom is 0.338 e. The molecular formula is C23H19F2NO6S. The Hall–Kier alpha value is -3.79. The van der Waals surface area contributed by atoms with Gasteiger partial charge in [0.05, 0.1) is 28.8 Å². The van der Waals surface area contributed by atoms with Crippen molar-refractivity contribution in [2.24, 2.45) is 0 Å². The van der Waals surface area contributed by atoms with E-state index in [0.717, 1.165) is 22.5 Å². The minimum Gasteiger partial charge on any atom is -0.497 e. The average Bonchev–Trinajstić information content (AvgIpc) is 2.83. The monoisotopic (exact) mass is 475 g/mol. The molecule has 33 heavy (non-hydrogen) atoms. The zero-order valence-electron chi connectivity index (χ0n) is 17.6. The molecule has 0 fully saturated rings. The van der Waals surface area contributed by atoms with Crippen LogP contribution in [0.1, 0.15) is 20.7 Å². The molecule has 172 valence electrons. The van der Waals surface area contributed by atoms with Crippen LogP contribution in [0, 0.1) is 11.6 Å².